The Hall–Kier alpha value is -3.28. The van der Waals surface area contributed by atoms with Gasteiger partial charge in [0.15, 0.2) is 0 Å². The van der Waals surface area contributed by atoms with Gasteiger partial charge in [-0.05, 0) is 43.7 Å². The van der Waals surface area contributed by atoms with Crippen LogP contribution >= 0.6 is 0 Å². The molecule has 0 radical (unpaired) electrons. The lowest BCUT2D eigenvalue weighted by molar-refractivity contribution is 0.0827. The number of aryl methyl sites for hydroxylation is 1. The average Bonchev–Trinajstić information content (AvgIpc) is 3.07. The van der Waals surface area contributed by atoms with Crippen molar-refractivity contribution in [1.82, 2.24) is 10.2 Å². The molecule has 1 heterocycles. The highest BCUT2D eigenvalue weighted by Crippen LogP contribution is 2.24. The minimum atomic E-state index is -0.361. The number of urea groups is 1. The summed E-state index contributed by atoms with van der Waals surface area (Å²) in [6.07, 6.45) is 0. The third kappa shape index (κ3) is 4.11. The molecule has 3 amide bonds. The van der Waals surface area contributed by atoms with Crippen molar-refractivity contribution in [3.05, 3.63) is 65.4 Å². The molecule has 0 saturated carbocycles. The molecule has 0 fully saturated rings. The van der Waals surface area contributed by atoms with Gasteiger partial charge in [0.2, 0.25) is 0 Å². The van der Waals surface area contributed by atoms with Gasteiger partial charge in [-0.1, -0.05) is 24.3 Å². The lowest BCUT2D eigenvalue weighted by Gasteiger charge is -2.15. The van der Waals surface area contributed by atoms with Crippen LogP contribution in [0.2, 0.25) is 0 Å². The number of benzene rings is 2. The van der Waals surface area contributed by atoms with Crippen molar-refractivity contribution in [2.75, 3.05) is 19.4 Å². The molecule has 27 heavy (non-hydrogen) atoms. The second kappa shape index (κ2) is 7.53. The lowest BCUT2D eigenvalue weighted by atomic mass is 10.1. The van der Waals surface area contributed by atoms with Crippen LogP contribution in [0, 0.1) is 6.92 Å². The number of rotatable bonds is 4. The van der Waals surface area contributed by atoms with Crippen LogP contribution < -0.4 is 10.6 Å². The normalized spacial score (nSPS) is 11.9. The summed E-state index contributed by atoms with van der Waals surface area (Å²) in [6.45, 7) is 3.73. The number of anilines is 1. The zero-order chi connectivity index (χ0) is 19.6. The van der Waals surface area contributed by atoms with Crippen LogP contribution in [0.15, 0.2) is 52.9 Å². The Kier molecular flexibility index (Phi) is 5.16. The Morgan fingerprint density at radius 2 is 1.81 bits per heavy atom. The Labute approximate surface area is 158 Å². The van der Waals surface area contributed by atoms with Crippen molar-refractivity contribution in [2.24, 2.45) is 0 Å². The van der Waals surface area contributed by atoms with E-state index in [4.69, 9.17) is 4.42 Å². The smallest absolute Gasteiger partial charge is 0.319 e. The predicted octanol–water partition coefficient (Wildman–Crippen LogP) is 4.33. The quantitative estimate of drug-likeness (QED) is 0.723. The Bertz CT molecular complexity index is 958. The van der Waals surface area contributed by atoms with Gasteiger partial charge in [0, 0.05) is 30.7 Å². The Morgan fingerprint density at radius 3 is 2.52 bits per heavy atom. The molecular formula is C21H23N3O3. The summed E-state index contributed by atoms with van der Waals surface area (Å²) < 4.78 is 5.79. The Balaban J connectivity index is 1.71. The van der Waals surface area contributed by atoms with Gasteiger partial charge in [0.25, 0.3) is 5.91 Å². The summed E-state index contributed by atoms with van der Waals surface area (Å²) >= 11 is 0. The van der Waals surface area contributed by atoms with Crippen molar-refractivity contribution >= 4 is 28.6 Å². The van der Waals surface area contributed by atoms with Gasteiger partial charge in [-0.25, -0.2) is 4.79 Å². The van der Waals surface area contributed by atoms with E-state index in [9.17, 15) is 9.59 Å². The van der Waals surface area contributed by atoms with E-state index in [2.05, 4.69) is 10.6 Å². The number of para-hydroxylation sites is 1. The molecule has 1 unspecified atom stereocenters. The first kappa shape index (κ1) is 18.5. The molecular weight excluding hydrogens is 342 g/mol. The highest BCUT2D eigenvalue weighted by Gasteiger charge is 2.16. The largest absolute Gasteiger partial charge is 0.459 e. The molecule has 0 spiro atoms. The van der Waals surface area contributed by atoms with Crippen molar-refractivity contribution in [3.8, 4) is 0 Å². The van der Waals surface area contributed by atoms with Crippen LogP contribution in [0.25, 0.3) is 11.0 Å². The van der Waals surface area contributed by atoms with E-state index in [1.807, 2.05) is 50.2 Å². The van der Waals surface area contributed by atoms with E-state index in [1.165, 1.54) is 4.90 Å². The summed E-state index contributed by atoms with van der Waals surface area (Å²) in [7, 11) is 3.38. The number of furan rings is 1. The molecule has 0 bridgehead atoms. The van der Waals surface area contributed by atoms with Crippen molar-refractivity contribution < 1.29 is 14.0 Å². The maximum Gasteiger partial charge on any atom is 0.319 e. The van der Waals surface area contributed by atoms with E-state index >= 15 is 0 Å². The number of hydrogen-bond donors (Lipinski definition) is 2. The van der Waals surface area contributed by atoms with Crippen LogP contribution in [0.1, 0.15) is 34.6 Å². The molecule has 2 N–H and O–H groups in total. The first-order valence-electron chi connectivity index (χ1n) is 8.73. The molecule has 3 rings (SSSR count). The van der Waals surface area contributed by atoms with Gasteiger partial charge >= 0.3 is 6.03 Å². The van der Waals surface area contributed by atoms with Crippen molar-refractivity contribution in [1.29, 1.82) is 0 Å². The summed E-state index contributed by atoms with van der Waals surface area (Å²) in [5, 5.41) is 6.67. The predicted molar refractivity (Wildman–Crippen MR) is 106 cm³/mol. The highest BCUT2D eigenvalue weighted by molar-refractivity contribution is 5.97. The van der Waals surface area contributed by atoms with E-state index in [0.717, 1.165) is 16.5 Å². The number of fused-ring (bicyclic) bond motifs is 1. The zero-order valence-corrected chi connectivity index (χ0v) is 15.9. The average molecular weight is 365 g/mol. The summed E-state index contributed by atoms with van der Waals surface area (Å²) in [5.74, 6) is 0.564. The fourth-order valence-corrected chi connectivity index (χ4v) is 2.79. The molecule has 6 nitrogen and oxygen atoms in total. The minimum absolute atomic E-state index is 0.117. The van der Waals surface area contributed by atoms with Gasteiger partial charge < -0.3 is 20.0 Å². The monoisotopic (exact) mass is 365 g/mol. The topological polar surface area (TPSA) is 74.6 Å². The van der Waals surface area contributed by atoms with E-state index < -0.39 is 0 Å². The standard InChI is InChI=1S/C21H23N3O3/c1-13-9-10-16(20(25)24(3)4)11-17(13)23-21(26)22-14(2)19-12-15-7-5-6-8-18(15)27-19/h5-12,14H,1-4H3,(H2,22,23,26). The molecule has 0 saturated heterocycles. The van der Waals surface area contributed by atoms with Crippen molar-refractivity contribution in [3.63, 3.8) is 0 Å². The second-order valence-electron chi connectivity index (χ2n) is 6.74. The van der Waals surface area contributed by atoms with Crippen LogP contribution in [0.4, 0.5) is 10.5 Å². The van der Waals surface area contributed by atoms with Gasteiger partial charge in [-0.15, -0.1) is 0 Å². The number of nitrogens with zero attached hydrogens (tertiary/aromatic N) is 1. The molecule has 0 aliphatic carbocycles. The minimum Gasteiger partial charge on any atom is -0.459 e. The first-order valence-corrected chi connectivity index (χ1v) is 8.73. The maximum absolute atomic E-state index is 12.4. The van der Waals surface area contributed by atoms with Gasteiger partial charge in [0.1, 0.15) is 11.3 Å². The molecule has 2 aromatic carbocycles. The molecule has 1 aromatic heterocycles. The summed E-state index contributed by atoms with van der Waals surface area (Å²) in [5.41, 5.74) is 2.77. The number of hydrogen-bond acceptors (Lipinski definition) is 3. The molecule has 1 atom stereocenters. The number of carbonyl (C=O) groups excluding carboxylic acids is 2. The van der Waals surface area contributed by atoms with Crippen LogP contribution in [-0.2, 0) is 0 Å². The molecule has 0 aliphatic heterocycles. The van der Waals surface area contributed by atoms with E-state index in [0.29, 0.717) is 17.0 Å². The van der Waals surface area contributed by atoms with Crippen molar-refractivity contribution in [2.45, 2.75) is 19.9 Å². The second-order valence-corrected chi connectivity index (χ2v) is 6.74. The van der Waals surface area contributed by atoms with E-state index in [1.54, 1.807) is 26.2 Å². The summed E-state index contributed by atoms with van der Waals surface area (Å²) in [4.78, 5) is 26.0. The van der Waals surface area contributed by atoms with Crippen LogP contribution in [0.3, 0.4) is 0 Å². The van der Waals surface area contributed by atoms with Gasteiger partial charge in [-0.2, -0.15) is 0 Å². The Morgan fingerprint density at radius 1 is 1.07 bits per heavy atom. The third-order valence-corrected chi connectivity index (χ3v) is 4.36. The zero-order valence-electron chi connectivity index (χ0n) is 15.9. The fourth-order valence-electron chi connectivity index (χ4n) is 2.79. The molecule has 140 valence electrons. The fraction of sp³-hybridized carbons (Fsp3) is 0.238. The number of carbonyl (C=O) groups is 2. The molecule has 6 heteroatoms. The van der Waals surface area contributed by atoms with E-state index in [-0.39, 0.29) is 18.0 Å². The summed E-state index contributed by atoms with van der Waals surface area (Å²) in [6, 6.07) is 14.2. The van der Waals surface area contributed by atoms with Gasteiger partial charge in [0.05, 0.1) is 6.04 Å². The van der Waals surface area contributed by atoms with Crippen LogP contribution in [0.5, 0.6) is 0 Å². The number of amides is 3. The first-order chi connectivity index (χ1) is 12.8. The third-order valence-electron chi connectivity index (χ3n) is 4.36. The lowest BCUT2D eigenvalue weighted by Crippen LogP contribution is -2.31. The SMILES string of the molecule is Cc1ccc(C(=O)N(C)C)cc1NC(=O)NC(C)c1cc2ccccc2o1. The highest BCUT2D eigenvalue weighted by atomic mass is 16.3. The molecule has 3 aromatic rings. The van der Waals surface area contributed by atoms with Crippen LogP contribution in [-0.4, -0.2) is 30.9 Å². The van der Waals surface area contributed by atoms with Gasteiger partial charge in [-0.3, -0.25) is 4.79 Å². The maximum atomic E-state index is 12.4. The molecule has 0 aliphatic rings. The number of nitrogens with one attached hydrogen (secondary N) is 2.